The van der Waals surface area contributed by atoms with E-state index < -0.39 is 11.6 Å². The van der Waals surface area contributed by atoms with Crippen molar-refractivity contribution >= 4 is 22.5 Å². The van der Waals surface area contributed by atoms with Crippen molar-refractivity contribution in [1.82, 2.24) is 9.88 Å². The van der Waals surface area contributed by atoms with E-state index in [1.165, 1.54) is 37.4 Å². The summed E-state index contributed by atoms with van der Waals surface area (Å²) in [4.78, 5) is 19.3. The molecule has 0 bridgehead atoms. The van der Waals surface area contributed by atoms with Gasteiger partial charge >= 0.3 is 0 Å². The van der Waals surface area contributed by atoms with Crippen molar-refractivity contribution in [2.45, 2.75) is 31.8 Å². The zero-order valence-electron chi connectivity index (χ0n) is 15.8. The first kappa shape index (κ1) is 17.8. The Bertz CT molecular complexity index is 1170. The fourth-order valence-corrected chi connectivity index (χ4v) is 4.18. The van der Waals surface area contributed by atoms with Crippen molar-refractivity contribution in [1.29, 1.82) is 0 Å². The number of nitrogens with two attached hydrogens (primary N) is 1. The van der Waals surface area contributed by atoms with Gasteiger partial charge in [0.25, 0.3) is 5.91 Å². The van der Waals surface area contributed by atoms with Crippen LogP contribution in [0.5, 0.6) is 5.75 Å². The molecule has 2 aromatic carbocycles. The number of halogens is 2. The molecule has 2 heterocycles. The van der Waals surface area contributed by atoms with Crippen LogP contribution in [0.2, 0.25) is 0 Å². The maximum atomic E-state index is 14.9. The second-order valence-electron chi connectivity index (χ2n) is 7.53. The van der Waals surface area contributed by atoms with E-state index >= 15 is 0 Å². The highest BCUT2D eigenvalue weighted by Gasteiger charge is 2.38. The Hall–Kier alpha value is -3.22. The van der Waals surface area contributed by atoms with Crippen LogP contribution in [-0.2, 0) is 6.54 Å². The maximum Gasteiger partial charge on any atom is 0.258 e. The summed E-state index contributed by atoms with van der Waals surface area (Å²) in [5.74, 6) is -0.935. The monoisotopic (exact) mass is 395 g/mol. The lowest BCUT2D eigenvalue weighted by molar-refractivity contribution is 0.0606. The second-order valence-corrected chi connectivity index (χ2v) is 7.53. The number of pyridine rings is 1. The van der Waals surface area contributed by atoms with Crippen LogP contribution in [-0.4, -0.2) is 28.9 Å². The third-order valence-electron chi connectivity index (χ3n) is 5.98. The van der Waals surface area contributed by atoms with Crippen molar-refractivity contribution in [2.24, 2.45) is 0 Å². The average Bonchev–Trinajstić information content (AvgIpc) is 2.98. The quantitative estimate of drug-likeness (QED) is 0.719. The van der Waals surface area contributed by atoms with Crippen molar-refractivity contribution in [2.75, 3.05) is 12.8 Å². The number of fused-ring (bicyclic) bond motifs is 2. The fourth-order valence-electron chi connectivity index (χ4n) is 4.18. The Balaban J connectivity index is 1.75. The number of methoxy groups -OCH3 is 1. The Morgan fingerprint density at radius 1 is 1.14 bits per heavy atom. The molecule has 5 nitrogen and oxygen atoms in total. The summed E-state index contributed by atoms with van der Waals surface area (Å²) in [7, 11) is 1.46. The van der Waals surface area contributed by atoms with Gasteiger partial charge in [-0.05, 0) is 49.6 Å². The van der Waals surface area contributed by atoms with Gasteiger partial charge in [0.2, 0.25) is 0 Å². The molecule has 148 valence electrons. The standard InChI is InChI=1S/C22H19F2N3O2/c1-29-12-5-7-15(23)14(9-12)18-16(24)8-6-13-20(25)19-17(26-21(13)18)10-27(22(19)28)11-3-2-4-11/h5-9,11H,2-4,10H2,1H3,(H2,25,26). The van der Waals surface area contributed by atoms with Gasteiger partial charge in [0, 0.05) is 22.6 Å². The van der Waals surface area contributed by atoms with E-state index in [0.29, 0.717) is 28.9 Å². The van der Waals surface area contributed by atoms with Gasteiger partial charge < -0.3 is 15.4 Å². The molecule has 1 saturated carbocycles. The Morgan fingerprint density at radius 3 is 2.59 bits per heavy atom. The largest absolute Gasteiger partial charge is 0.497 e. The van der Waals surface area contributed by atoms with Crippen LogP contribution in [0.4, 0.5) is 14.5 Å². The average molecular weight is 395 g/mol. The van der Waals surface area contributed by atoms with Crippen LogP contribution >= 0.6 is 0 Å². The first-order valence-corrected chi connectivity index (χ1v) is 9.55. The molecule has 1 aliphatic carbocycles. The molecule has 0 saturated heterocycles. The van der Waals surface area contributed by atoms with Gasteiger partial charge in [0.1, 0.15) is 17.4 Å². The van der Waals surface area contributed by atoms with Gasteiger partial charge in [-0.1, -0.05) is 0 Å². The predicted molar refractivity (Wildman–Crippen MR) is 106 cm³/mol. The van der Waals surface area contributed by atoms with Gasteiger partial charge in [-0.3, -0.25) is 4.79 Å². The molecule has 0 radical (unpaired) electrons. The number of hydrogen-bond acceptors (Lipinski definition) is 4. The smallest absolute Gasteiger partial charge is 0.258 e. The molecule has 1 fully saturated rings. The van der Waals surface area contributed by atoms with Crippen LogP contribution in [0.1, 0.15) is 35.3 Å². The normalized spacial score (nSPS) is 16.2. The molecule has 29 heavy (non-hydrogen) atoms. The summed E-state index contributed by atoms with van der Waals surface area (Å²) in [6.45, 7) is 0.343. The number of nitrogen functional groups attached to an aromatic ring is 1. The molecule has 1 aromatic heterocycles. The third kappa shape index (κ3) is 2.57. The van der Waals surface area contributed by atoms with E-state index in [1.54, 1.807) is 4.90 Å². The number of aromatic nitrogens is 1. The molecule has 5 rings (SSSR count). The topological polar surface area (TPSA) is 68.5 Å². The number of amides is 1. The lowest BCUT2D eigenvalue weighted by Gasteiger charge is -2.34. The number of rotatable bonds is 3. The molecule has 0 atom stereocenters. The highest BCUT2D eigenvalue weighted by Crippen LogP contribution is 2.41. The minimum Gasteiger partial charge on any atom is -0.497 e. The fraction of sp³-hybridized carbons (Fsp3) is 0.273. The van der Waals surface area contributed by atoms with Gasteiger partial charge in [0.05, 0.1) is 36.1 Å². The lowest BCUT2D eigenvalue weighted by Crippen LogP contribution is -2.40. The van der Waals surface area contributed by atoms with Crippen molar-refractivity contribution in [3.63, 3.8) is 0 Å². The molecular weight excluding hydrogens is 376 g/mol. The highest BCUT2D eigenvalue weighted by atomic mass is 19.1. The number of hydrogen-bond donors (Lipinski definition) is 1. The minimum atomic E-state index is -0.614. The van der Waals surface area contributed by atoms with Crippen molar-refractivity contribution < 1.29 is 18.3 Å². The molecule has 1 amide bonds. The van der Waals surface area contributed by atoms with Gasteiger partial charge in [-0.15, -0.1) is 0 Å². The maximum absolute atomic E-state index is 14.9. The third-order valence-corrected chi connectivity index (χ3v) is 5.98. The molecule has 2 aliphatic rings. The molecule has 1 aliphatic heterocycles. The zero-order valence-corrected chi connectivity index (χ0v) is 15.8. The van der Waals surface area contributed by atoms with Gasteiger partial charge in [-0.2, -0.15) is 0 Å². The number of anilines is 1. The van der Waals surface area contributed by atoms with E-state index in [4.69, 9.17) is 10.5 Å². The SMILES string of the molecule is COc1ccc(F)c(-c2c(F)ccc3c(N)c4c(nc23)CN(C2CCC2)C4=O)c1. The van der Waals surface area contributed by atoms with E-state index in [0.717, 1.165) is 19.3 Å². The molecule has 7 heteroatoms. The number of ether oxygens (including phenoxy) is 1. The number of nitrogens with zero attached hydrogens (tertiary/aromatic N) is 2. The van der Waals surface area contributed by atoms with Crippen molar-refractivity contribution in [3.8, 4) is 16.9 Å². The number of benzene rings is 2. The summed E-state index contributed by atoms with van der Waals surface area (Å²) in [5, 5.41) is 0.436. The van der Waals surface area contributed by atoms with E-state index in [2.05, 4.69) is 4.98 Å². The minimum absolute atomic E-state index is 0.0166. The molecular formula is C22H19F2N3O2. The van der Waals surface area contributed by atoms with Crippen LogP contribution in [0, 0.1) is 11.6 Å². The predicted octanol–water partition coefficient (Wildman–Crippen LogP) is 4.28. The summed E-state index contributed by atoms with van der Waals surface area (Å²) in [5.41, 5.74) is 7.81. The van der Waals surface area contributed by atoms with Crippen molar-refractivity contribution in [3.05, 3.63) is 53.2 Å². The summed E-state index contributed by atoms with van der Waals surface area (Å²) in [6, 6.07) is 7.05. The Kier molecular flexibility index (Phi) is 3.94. The van der Waals surface area contributed by atoms with Crippen LogP contribution in [0.25, 0.3) is 22.0 Å². The van der Waals surface area contributed by atoms with E-state index in [9.17, 15) is 13.6 Å². The van der Waals surface area contributed by atoms with Crippen LogP contribution in [0.15, 0.2) is 30.3 Å². The Morgan fingerprint density at radius 2 is 1.90 bits per heavy atom. The molecule has 0 spiro atoms. The first-order chi connectivity index (χ1) is 14.0. The zero-order chi connectivity index (χ0) is 20.3. The molecule has 2 N–H and O–H groups in total. The van der Waals surface area contributed by atoms with E-state index in [1.807, 2.05) is 0 Å². The summed E-state index contributed by atoms with van der Waals surface area (Å²) in [6.07, 6.45) is 3.03. The highest BCUT2D eigenvalue weighted by molar-refractivity contribution is 6.11. The second kappa shape index (κ2) is 6.40. The summed E-state index contributed by atoms with van der Waals surface area (Å²) >= 11 is 0. The summed E-state index contributed by atoms with van der Waals surface area (Å²) < 4.78 is 34.7. The molecule has 3 aromatic rings. The van der Waals surface area contributed by atoms with Gasteiger partial charge in [-0.25, -0.2) is 13.8 Å². The van der Waals surface area contributed by atoms with Gasteiger partial charge in [0.15, 0.2) is 0 Å². The number of carbonyl (C=O) groups excluding carboxylic acids is 1. The van der Waals surface area contributed by atoms with Crippen LogP contribution in [0.3, 0.4) is 0 Å². The van der Waals surface area contributed by atoms with Crippen LogP contribution < -0.4 is 10.5 Å². The number of carbonyl (C=O) groups is 1. The lowest BCUT2D eigenvalue weighted by atomic mass is 9.92. The van der Waals surface area contributed by atoms with E-state index in [-0.39, 0.29) is 34.3 Å². The first-order valence-electron chi connectivity index (χ1n) is 9.55. The Labute approximate surface area is 166 Å². The molecule has 0 unspecified atom stereocenters.